The zero-order valence-corrected chi connectivity index (χ0v) is 19.5. The Hall–Kier alpha value is -3.88. The molecule has 5 rings (SSSR count). The molecule has 34 heavy (non-hydrogen) atoms. The molecule has 1 fully saturated rings. The molecule has 4 aromatic rings. The normalized spacial score (nSPS) is 14.7. The van der Waals surface area contributed by atoms with Crippen molar-refractivity contribution < 1.29 is 19.4 Å². The van der Waals surface area contributed by atoms with Gasteiger partial charge < -0.3 is 14.7 Å². The standard InChI is InChI=1S/C25H27N5O4/c1-15(31)29-9-7-16(8-10-29)25-24-18(5-4-6-20(24)30(27-25)14-23(32)33)19-12-21-17(11-22(19)34-3)13-26-28(21)2/h4-6,11-13,16H,7-10,14H2,1-3H3,(H,32,33). The van der Waals surface area contributed by atoms with Crippen molar-refractivity contribution in [3.8, 4) is 16.9 Å². The number of hydrogen-bond donors (Lipinski definition) is 1. The molecule has 1 N–H and O–H groups in total. The van der Waals surface area contributed by atoms with Crippen LogP contribution in [0.5, 0.6) is 5.75 Å². The van der Waals surface area contributed by atoms with Crippen molar-refractivity contribution in [1.29, 1.82) is 0 Å². The molecule has 0 unspecified atom stereocenters. The number of benzene rings is 2. The monoisotopic (exact) mass is 461 g/mol. The molecule has 0 spiro atoms. The van der Waals surface area contributed by atoms with E-state index in [1.807, 2.05) is 40.9 Å². The highest BCUT2D eigenvalue weighted by atomic mass is 16.5. The number of piperidine rings is 1. The van der Waals surface area contributed by atoms with E-state index in [0.29, 0.717) is 13.1 Å². The van der Waals surface area contributed by atoms with E-state index in [2.05, 4.69) is 11.2 Å². The highest BCUT2D eigenvalue weighted by molar-refractivity contribution is 6.01. The van der Waals surface area contributed by atoms with Crippen molar-refractivity contribution >= 4 is 33.7 Å². The largest absolute Gasteiger partial charge is 0.496 e. The smallest absolute Gasteiger partial charge is 0.325 e. The maximum absolute atomic E-state index is 11.8. The number of nitrogens with zero attached hydrogens (tertiary/aromatic N) is 5. The molecule has 0 saturated carbocycles. The first kappa shape index (κ1) is 21.9. The van der Waals surface area contributed by atoms with Crippen molar-refractivity contribution in [3.05, 3.63) is 42.2 Å². The minimum atomic E-state index is -0.943. The molecule has 0 radical (unpaired) electrons. The van der Waals surface area contributed by atoms with Crippen molar-refractivity contribution in [2.24, 2.45) is 7.05 Å². The van der Waals surface area contributed by atoms with Gasteiger partial charge in [-0.2, -0.15) is 10.2 Å². The van der Waals surface area contributed by atoms with E-state index in [1.54, 1.807) is 24.9 Å². The Morgan fingerprint density at radius 3 is 2.59 bits per heavy atom. The molecule has 0 atom stereocenters. The number of aliphatic carboxylic acids is 1. The fourth-order valence-corrected chi connectivity index (χ4v) is 5.04. The van der Waals surface area contributed by atoms with Crippen molar-refractivity contribution in [2.45, 2.75) is 32.2 Å². The predicted molar refractivity (Wildman–Crippen MR) is 128 cm³/mol. The Balaban J connectivity index is 1.71. The Morgan fingerprint density at radius 2 is 1.91 bits per heavy atom. The molecule has 1 aliphatic heterocycles. The number of methoxy groups -OCH3 is 1. The third kappa shape index (κ3) is 3.67. The summed E-state index contributed by atoms with van der Waals surface area (Å²) in [7, 11) is 3.55. The highest BCUT2D eigenvalue weighted by Gasteiger charge is 2.28. The van der Waals surface area contributed by atoms with Crippen LogP contribution in [-0.2, 0) is 23.2 Å². The summed E-state index contributed by atoms with van der Waals surface area (Å²) in [6.07, 6.45) is 3.37. The summed E-state index contributed by atoms with van der Waals surface area (Å²) >= 11 is 0. The van der Waals surface area contributed by atoms with Gasteiger partial charge in [-0.15, -0.1) is 0 Å². The second-order valence-corrected chi connectivity index (χ2v) is 8.80. The lowest BCUT2D eigenvalue weighted by Gasteiger charge is -2.30. The number of likely N-dealkylation sites (tertiary alicyclic amines) is 1. The minimum absolute atomic E-state index is 0.0784. The second kappa shape index (κ2) is 8.48. The summed E-state index contributed by atoms with van der Waals surface area (Å²) < 4.78 is 9.16. The van der Waals surface area contributed by atoms with Crippen LogP contribution in [0.3, 0.4) is 0 Å². The van der Waals surface area contributed by atoms with Crippen LogP contribution in [0.25, 0.3) is 32.9 Å². The van der Waals surface area contributed by atoms with Crippen molar-refractivity contribution in [1.82, 2.24) is 24.5 Å². The molecule has 9 heteroatoms. The Morgan fingerprint density at radius 1 is 1.15 bits per heavy atom. The number of fused-ring (bicyclic) bond motifs is 2. The van der Waals surface area contributed by atoms with Gasteiger partial charge in [0.1, 0.15) is 12.3 Å². The molecule has 176 valence electrons. The van der Waals surface area contributed by atoms with Gasteiger partial charge in [0, 0.05) is 49.3 Å². The van der Waals surface area contributed by atoms with E-state index in [9.17, 15) is 14.7 Å². The zero-order chi connectivity index (χ0) is 24.0. The fourth-order valence-electron chi connectivity index (χ4n) is 5.04. The molecule has 9 nitrogen and oxygen atoms in total. The number of hydrogen-bond acceptors (Lipinski definition) is 5. The number of ether oxygens (including phenoxy) is 1. The van der Waals surface area contributed by atoms with Crippen LogP contribution in [0.15, 0.2) is 36.5 Å². The van der Waals surface area contributed by atoms with Gasteiger partial charge in [-0.25, -0.2) is 0 Å². The number of carbonyl (C=O) groups excluding carboxylic acids is 1. The third-order valence-electron chi connectivity index (χ3n) is 6.77. The van der Waals surface area contributed by atoms with Crippen LogP contribution >= 0.6 is 0 Å². The van der Waals surface area contributed by atoms with Gasteiger partial charge in [0.25, 0.3) is 0 Å². The molecule has 2 aromatic heterocycles. The maximum atomic E-state index is 11.8. The van der Waals surface area contributed by atoms with Gasteiger partial charge in [0.05, 0.1) is 30.0 Å². The SMILES string of the molecule is COc1cc2cnn(C)c2cc1-c1cccc2c1c(C1CCN(C(C)=O)CC1)nn2CC(=O)O. The van der Waals surface area contributed by atoms with Gasteiger partial charge in [0.2, 0.25) is 5.91 Å². The van der Waals surface area contributed by atoms with E-state index < -0.39 is 5.97 Å². The van der Waals surface area contributed by atoms with Crippen molar-refractivity contribution in [2.75, 3.05) is 20.2 Å². The first-order valence-corrected chi connectivity index (χ1v) is 11.3. The predicted octanol–water partition coefficient (Wildman–Crippen LogP) is 3.41. The number of carbonyl (C=O) groups is 2. The number of aromatic nitrogens is 4. The molecule has 0 bridgehead atoms. The van der Waals surface area contributed by atoms with Crippen LogP contribution in [0.1, 0.15) is 31.4 Å². The summed E-state index contributed by atoms with van der Waals surface area (Å²) in [4.78, 5) is 25.3. The van der Waals surface area contributed by atoms with Crippen LogP contribution < -0.4 is 4.74 Å². The summed E-state index contributed by atoms with van der Waals surface area (Å²) in [6.45, 7) is 2.71. The lowest BCUT2D eigenvalue weighted by molar-refractivity contribution is -0.137. The first-order chi connectivity index (χ1) is 16.4. The van der Waals surface area contributed by atoms with Crippen molar-refractivity contribution in [3.63, 3.8) is 0 Å². The molecule has 1 amide bonds. The lowest BCUT2D eigenvalue weighted by Crippen LogP contribution is -2.36. The molecular weight excluding hydrogens is 434 g/mol. The number of carboxylic acid groups (broad SMARTS) is 1. The zero-order valence-electron chi connectivity index (χ0n) is 19.5. The molecule has 3 heterocycles. The topological polar surface area (TPSA) is 102 Å². The lowest BCUT2D eigenvalue weighted by atomic mass is 9.88. The summed E-state index contributed by atoms with van der Waals surface area (Å²) in [5, 5.41) is 20.6. The number of carboxylic acids is 1. The van der Waals surface area contributed by atoms with E-state index >= 15 is 0 Å². The van der Waals surface area contributed by atoms with Gasteiger partial charge in [-0.1, -0.05) is 12.1 Å². The number of aryl methyl sites for hydroxylation is 1. The highest BCUT2D eigenvalue weighted by Crippen LogP contribution is 2.42. The Labute approximate surface area is 196 Å². The Bertz CT molecular complexity index is 1410. The number of rotatable bonds is 5. The molecular formula is C25H27N5O4. The van der Waals surface area contributed by atoms with E-state index in [-0.39, 0.29) is 18.4 Å². The summed E-state index contributed by atoms with van der Waals surface area (Å²) in [5.41, 5.74) is 4.47. The maximum Gasteiger partial charge on any atom is 0.325 e. The summed E-state index contributed by atoms with van der Waals surface area (Å²) in [5.74, 6) is -0.0201. The summed E-state index contributed by atoms with van der Waals surface area (Å²) in [6, 6.07) is 9.91. The molecule has 2 aromatic carbocycles. The molecule has 1 saturated heterocycles. The molecule has 1 aliphatic rings. The molecule has 0 aliphatic carbocycles. The third-order valence-corrected chi connectivity index (χ3v) is 6.77. The van der Waals surface area contributed by atoms with Gasteiger partial charge >= 0.3 is 5.97 Å². The minimum Gasteiger partial charge on any atom is -0.496 e. The number of amides is 1. The van der Waals surface area contributed by atoms with Crippen LogP contribution in [0, 0.1) is 0 Å². The van der Waals surface area contributed by atoms with E-state index in [4.69, 9.17) is 9.84 Å². The van der Waals surface area contributed by atoms with Gasteiger partial charge in [-0.05, 0) is 36.6 Å². The van der Waals surface area contributed by atoms with Crippen LogP contribution in [0.2, 0.25) is 0 Å². The van der Waals surface area contributed by atoms with Crippen LogP contribution in [0.4, 0.5) is 0 Å². The average molecular weight is 462 g/mol. The van der Waals surface area contributed by atoms with E-state index in [0.717, 1.165) is 57.2 Å². The fraction of sp³-hybridized carbons (Fsp3) is 0.360. The van der Waals surface area contributed by atoms with E-state index in [1.165, 1.54) is 0 Å². The quantitative estimate of drug-likeness (QED) is 0.489. The van der Waals surface area contributed by atoms with Gasteiger partial charge in [0.15, 0.2) is 0 Å². The average Bonchev–Trinajstić information content (AvgIpc) is 3.38. The Kier molecular flexibility index (Phi) is 5.47. The second-order valence-electron chi connectivity index (χ2n) is 8.80. The first-order valence-electron chi connectivity index (χ1n) is 11.3. The van der Waals surface area contributed by atoms with Gasteiger partial charge in [-0.3, -0.25) is 19.0 Å². The van der Waals surface area contributed by atoms with Crippen LogP contribution in [-0.4, -0.2) is 61.6 Å².